The molecule has 0 saturated carbocycles. The first-order valence-corrected chi connectivity index (χ1v) is 9.06. The van der Waals surface area contributed by atoms with Crippen LogP contribution in [0, 0.1) is 0 Å². The zero-order chi connectivity index (χ0) is 17.3. The summed E-state index contributed by atoms with van der Waals surface area (Å²) in [6, 6.07) is 7.50. The number of benzene rings is 1. The van der Waals surface area contributed by atoms with E-state index in [2.05, 4.69) is 34.9 Å². The number of nitrogens with zero attached hydrogens (tertiary/aromatic N) is 2. The Hall–Kier alpha value is -1.82. The molecule has 1 aliphatic heterocycles. The quantitative estimate of drug-likeness (QED) is 0.851. The van der Waals surface area contributed by atoms with Crippen molar-refractivity contribution in [1.29, 1.82) is 0 Å². The molecule has 1 aliphatic rings. The Balaban J connectivity index is 1.68. The standard InChI is InChI=1S/C18H22BrN3O2/c1-11(2)15-16(21-24-17(15)20)12-7-9-22(10-8-12)18(23)13-3-5-14(19)6-4-13/h3-6,11-12H,7-10,20H2,1-2H3. The second-order valence-electron chi connectivity index (χ2n) is 6.57. The topological polar surface area (TPSA) is 72.4 Å². The molecule has 1 aromatic heterocycles. The number of aromatic nitrogens is 1. The van der Waals surface area contributed by atoms with E-state index in [-0.39, 0.29) is 11.8 Å². The van der Waals surface area contributed by atoms with Gasteiger partial charge in [-0.05, 0) is 43.0 Å². The van der Waals surface area contributed by atoms with Gasteiger partial charge < -0.3 is 15.2 Å². The number of nitrogens with two attached hydrogens (primary N) is 1. The van der Waals surface area contributed by atoms with Crippen LogP contribution >= 0.6 is 15.9 Å². The number of amides is 1. The van der Waals surface area contributed by atoms with Gasteiger partial charge in [-0.25, -0.2) is 0 Å². The molecule has 6 heteroatoms. The number of likely N-dealkylation sites (tertiary alicyclic amines) is 1. The van der Waals surface area contributed by atoms with E-state index in [1.807, 2.05) is 29.2 Å². The molecule has 1 aromatic carbocycles. The minimum Gasteiger partial charge on any atom is -0.367 e. The van der Waals surface area contributed by atoms with Crippen LogP contribution in [0.4, 0.5) is 5.88 Å². The molecule has 2 N–H and O–H groups in total. The summed E-state index contributed by atoms with van der Waals surface area (Å²) in [6.45, 7) is 5.64. The largest absolute Gasteiger partial charge is 0.367 e. The van der Waals surface area contributed by atoms with Gasteiger partial charge in [0.15, 0.2) is 0 Å². The zero-order valence-electron chi connectivity index (χ0n) is 14.0. The first-order valence-electron chi connectivity index (χ1n) is 8.27. The highest BCUT2D eigenvalue weighted by molar-refractivity contribution is 9.10. The highest BCUT2D eigenvalue weighted by atomic mass is 79.9. The van der Waals surface area contributed by atoms with Crippen molar-refractivity contribution >= 4 is 27.7 Å². The van der Waals surface area contributed by atoms with Crippen LogP contribution in [0.5, 0.6) is 0 Å². The number of rotatable bonds is 3. The molecule has 1 fully saturated rings. The van der Waals surface area contributed by atoms with Gasteiger partial charge in [-0.15, -0.1) is 0 Å². The molecule has 2 heterocycles. The van der Waals surface area contributed by atoms with Crippen LogP contribution in [0.3, 0.4) is 0 Å². The van der Waals surface area contributed by atoms with Gasteiger partial charge in [0.2, 0.25) is 5.88 Å². The summed E-state index contributed by atoms with van der Waals surface area (Å²) in [5, 5.41) is 4.19. The first-order chi connectivity index (χ1) is 11.5. The highest BCUT2D eigenvalue weighted by Gasteiger charge is 2.29. The summed E-state index contributed by atoms with van der Waals surface area (Å²) in [4.78, 5) is 14.5. The van der Waals surface area contributed by atoms with Crippen molar-refractivity contribution in [3.05, 3.63) is 45.6 Å². The fourth-order valence-corrected chi connectivity index (χ4v) is 3.59. The van der Waals surface area contributed by atoms with Crippen molar-refractivity contribution in [3.8, 4) is 0 Å². The summed E-state index contributed by atoms with van der Waals surface area (Å²) in [6.07, 6.45) is 1.77. The number of nitrogen functional groups attached to an aromatic ring is 1. The number of halogens is 1. The molecule has 0 bridgehead atoms. The lowest BCUT2D eigenvalue weighted by Gasteiger charge is -2.31. The van der Waals surface area contributed by atoms with Crippen molar-refractivity contribution in [3.63, 3.8) is 0 Å². The third kappa shape index (κ3) is 3.34. The first kappa shape index (κ1) is 17.0. The lowest BCUT2D eigenvalue weighted by Crippen LogP contribution is -2.38. The van der Waals surface area contributed by atoms with Crippen LogP contribution in [0.15, 0.2) is 33.3 Å². The van der Waals surface area contributed by atoms with Crippen LogP contribution in [-0.2, 0) is 0 Å². The second kappa shape index (κ2) is 6.97. The minimum atomic E-state index is 0.0877. The van der Waals surface area contributed by atoms with E-state index < -0.39 is 0 Å². The molecule has 3 rings (SSSR count). The van der Waals surface area contributed by atoms with Gasteiger partial charge in [0.05, 0.1) is 5.69 Å². The number of hydrogen-bond acceptors (Lipinski definition) is 4. The molecule has 1 amide bonds. The number of hydrogen-bond donors (Lipinski definition) is 1. The smallest absolute Gasteiger partial charge is 0.253 e. The van der Waals surface area contributed by atoms with E-state index >= 15 is 0 Å². The third-order valence-corrected chi connectivity index (χ3v) is 5.15. The maximum absolute atomic E-state index is 12.6. The van der Waals surface area contributed by atoms with Gasteiger partial charge in [-0.2, -0.15) is 0 Å². The summed E-state index contributed by atoms with van der Waals surface area (Å²) < 4.78 is 6.18. The van der Waals surface area contributed by atoms with Crippen molar-refractivity contribution in [2.75, 3.05) is 18.8 Å². The van der Waals surface area contributed by atoms with E-state index in [9.17, 15) is 4.79 Å². The molecular weight excluding hydrogens is 370 g/mol. The van der Waals surface area contributed by atoms with E-state index in [1.165, 1.54) is 0 Å². The fourth-order valence-electron chi connectivity index (χ4n) is 3.33. The lowest BCUT2D eigenvalue weighted by atomic mass is 9.88. The van der Waals surface area contributed by atoms with Crippen molar-refractivity contribution in [2.45, 2.75) is 38.5 Å². The van der Waals surface area contributed by atoms with Crippen LogP contribution in [0.2, 0.25) is 0 Å². The number of anilines is 1. The summed E-state index contributed by atoms with van der Waals surface area (Å²) >= 11 is 3.39. The number of carbonyl (C=O) groups is 1. The molecule has 0 unspecified atom stereocenters. The Morgan fingerprint density at radius 2 is 1.92 bits per heavy atom. The Kier molecular flexibility index (Phi) is 4.94. The maximum Gasteiger partial charge on any atom is 0.253 e. The molecular formula is C18H22BrN3O2. The average molecular weight is 392 g/mol. The van der Waals surface area contributed by atoms with Crippen LogP contribution in [0.25, 0.3) is 0 Å². The molecule has 0 aliphatic carbocycles. The van der Waals surface area contributed by atoms with Crippen molar-refractivity contribution in [1.82, 2.24) is 10.1 Å². The average Bonchev–Trinajstić information content (AvgIpc) is 2.97. The Morgan fingerprint density at radius 3 is 2.50 bits per heavy atom. The van der Waals surface area contributed by atoms with Crippen LogP contribution in [-0.4, -0.2) is 29.1 Å². The van der Waals surface area contributed by atoms with Gasteiger partial charge in [0, 0.05) is 34.6 Å². The van der Waals surface area contributed by atoms with E-state index in [0.29, 0.717) is 11.8 Å². The van der Waals surface area contributed by atoms with Gasteiger partial charge >= 0.3 is 0 Å². The van der Waals surface area contributed by atoms with Gasteiger partial charge in [0.1, 0.15) is 0 Å². The number of piperidine rings is 1. The van der Waals surface area contributed by atoms with Crippen molar-refractivity contribution < 1.29 is 9.32 Å². The van der Waals surface area contributed by atoms with Crippen LogP contribution < -0.4 is 5.73 Å². The molecule has 2 aromatic rings. The Morgan fingerprint density at radius 1 is 1.29 bits per heavy atom. The second-order valence-corrected chi connectivity index (χ2v) is 7.49. The maximum atomic E-state index is 12.6. The molecule has 24 heavy (non-hydrogen) atoms. The molecule has 0 radical (unpaired) electrons. The summed E-state index contributed by atoms with van der Waals surface area (Å²) in [7, 11) is 0. The third-order valence-electron chi connectivity index (χ3n) is 4.62. The van der Waals surface area contributed by atoms with Gasteiger partial charge in [-0.1, -0.05) is 34.9 Å². The number of carbonyl (C=O) groups excluding carboxylic acids is 1. The van der Waals surface area contributed by atoms with E-state index in [1.54, 1.807) is 0 Å². The van der Waals surface area contributed by atoms with Crippen molar-refractivity contribution in [2.24, 2.45) is 0 Å². The predicted molar refractivity (Wildman–Crippen MR) is 97.0 cm³/mol. The predicted octanol–water partition coefficient (Wildman–Crippen LogP) is 4.16. The van der Waals surface area contributed by atoms with Gasteiger partial charge in [0.25, 0.3) is 5.91 Å². The molecule has 1 saturated heterocycles. The van der Waals surface area contributed by atoms with Crippen LogP contribution in [0.1, 0.15) is 60.1 Å². The molecule has 0 spiro atoms. The molecule has 5 nitrogen and oxygen atoms in total. The zero-order valence-corrected chi connectivity index (χ0v) is 15.5. The Labute approximate surface area is 150 Å². The Bertz CT molecular complexity index is 716. The van der Waals surface area contributed by atoms with E-state index in [4.69, 9.17) is 10.3 Å². The highest BCUT2D eigenvalue weighted by Crippen LogP contribution is 2.36. The van der Waals surface area contributed by atoms with Gasteiger partial charge in [-0.3, -0.25) is 4.79 Å². The summed E-state index contributed by atoms with van der Waals surface area (Å²) in [5.41, 5.74) is 8.63. The normalized spacial score (nSPS) is 15.9. The molecule has 0 atom stereocenters. The van der Waals surface area contributed by atoms with E-state index in [0.717, 1.165) is 47.2 Å². The lowest BCUT2D eigenvalue weighted by molar-refractivity contribution is 0.0711. The minimum absolute atomic E-state index is 0.0877. The monoisotopic (exact) mass is 391 g/mol. The molecule has 128 valence electrons. The fraction of sp³-hybridized carbons (Fsp3) is 0.444. The SMILES string of the molecule is CC(C)c1c(C2CCN(C(=O)c3ccc(Br)cc3)CC2)noc1N. The summed E-state index contributed by atoms with van der Waals surface area (Å²) in [5.74, 6) is 1.10.